The standard InChI is InChI=1S/C25H28N6O6S/c32-22(28-17-21(23(33)34)30-38(36,37)20-10-2-1-3-11-20)18-8-6-9-19(16-18)31-15-5-4-12-25(31,35)29-24-26-13-7-14-27-24/h1-3,6-11,13-14,16,21,30,35H,4-5,12,15,17H2,(H,28,32)(H,33,34)(H,26,27,29)/t21-,25?/m0/s1. The van der Waals surface area contributed by atoms with Crippen LogP contribution in [0.1, 0.15) is 29.6 Å². The molecule has 1 unspecified atom stereocenters. The molecule has 1 amide bonds. The van der Waals surface area contributed by atoms with E-state index < -0.39 is 40.3 Å². The minimum absolute atomic E-state index is 0.0891. The molecular formula is C25H28N6O6S. The lowest BCUT2D eigenvalue weighted by atomic mass is 10.0. The molecule has 0 aliphatic carbocycles. The van der Waals surface area contributed by atoms with Crippen LogP contribution in [0.3, 0.4) is 0 Å². The zero-order chi connectivity index (χ0) is 27.2. The molecule has 2 atom stereocenters. The van der Waals surface area contributed by atoms with Crippen LogP contribution in [-0.2, 0) is 14.8 Å². The Balaban J connectivity index is 1.46. The second-order valence-corrected chi connectivity index (χ2v) is 10.4. The minimum Gasteiger partial charge on any atom is -0.480 e. The van der Waals surface area contributed by atoms with Crippen LogP contribution in [0.15, 0.2) is 78.0 Å². The van der Waals surface area contributed by atoms with E-state index in [9.17, 15) is 28.2 Å². The summed E-state index contributed by atoms with van der Waals surface area (Å²) in [6, 6.07) is 13.9. The van der Waals surface area contributed by atoms with Gasteiger partial charge in [0.15, 0.2) is 0 Å². The van der Waals surface area contributed by atoms with Crippen LogP contribution in [0.4, 0.5) is 11.6 Å². The zero-order valence-corrected chi connectivity index (χ0v) is 21.1. The first kappa shape index (κ1) is 27.0. The number of aliphatic carboxylic acids is 1. The molecule has 200 valence electrons. The van der Waals surface area contributed by atoms with Gasteiger partial charge < -0.3 is 25.7 Å². The van der Waals surface area contributed by atoms with Crippen molar-refractivity contribution >= 4 is 33.5 Å². The summed E-state index contributed by atoms with van der Waals surface area (Å²) in [5, 5.41) is 26.4. The number of carboxylic acid groups (broad SMARTS) is 1. The summed E-state index contributed by atoms with van der Waals surface area (Å²) in [5.41, 5.74) is 0.768. The monoisotopic (exact) mass is 540 g/mol. The molecule has 1 fully saturated rings. The number of benzene rings is 2. The highest BCUT2D eigenvalue weighted by molar-refractivity contribution is 7.89. The molecule has 0 saturated carbocycles. The van der Waals surface area contributed by atoms with Crippen molar-refractivity contribution in [2.45, 2.75) is 36.0 Å². The Morgan fingerprint density at radius 2 is 1.76 bits per heavy atom. The molecule has 3 aromatic rings. The number of rotatable bonds is 10. The highest BCUT2D eigenvalue weighted by atomic mass is 32.2. The number of nitrogens with zero attached hydrogens (tertiary/aromatic N) is 3. The second-order valence-electron chi connectivity index (χ2n) is 8.71. The van der Waals surface area contributed by atoms with Crippen molar-refractivity contribution < 1.29 is 28.2 Å². The molecule has 1 aliphatic heterocycles. The molecule has 0 bridgehead atoms. The van der Waals surface area contributed by atoms with Crippen molar-refractivity contribution in [2.24, 2.45) is 0 Å². The summed E-state index contributed by atoms with van der Waals surface area (Å²) < 4.78 is 27.2. The van der Waals surface area contributed by atoms with E-state index in [4.69, 9.17) is 0 Å². The first-order valence-electron chi connectivity index (χ1n) is 11.9. The number of carbonyl (C=O) groups is 2. The molecule has 1 aliphatic rings. The van der Waals surface area contributed by atoms with E-state index in [-0.39, 0.29) is 16.4 Å². The molecule has 2 heterocycles. The quantitative estimate of drug-likeness (QED) is 0.236. The molecule has 0 radical (unpaired) electrons. The van der Waals surface area contributed by atoms with Crippen LogP contribution >= 0.6 is 0 Å². The molecule has 1 saturated heterocycles. The summed E-state index contributed by atoms with van der Waals surface area (Å²) in [4.78, 5) is 34.5. The summed E-state index contributed by atoms with van der Waals surface area (Å²) in [6.45, 7) is 0.0226. The normalized spacial score (nSPS) is 18.4. The Bertz CT molecular complexity index is 1380. The SMILES string of the molecule is O=C(NC[C@H](NS(=O)(=O)c1ccccc1)C(=O)O)c1cccc(N2CCCCC2(O)Nc2ncccn2)c1. The number of anilines is 2. The van der Waals surface area contributed by atoms with Crippen LogP contribution in [0.2, 0.25) is 0 Å². The summed E-state index contributed by atoms with van der Waals surface area (Å²) in [5.74, 6) is -3.27. The van der Waals surface area contributed by atoms with Gasteiger partial charge >= 0.3 is 5.97 Å². The average molecular weight is 541 g/mol. The van der Waals surface area contributed by atoms with Gasteiger partial charge in [0.05, 0.1) is 4.90 Å². The van der Waals surface area contributed by atoms with Crippen LogP contribution < -0.4 is 20.3 Å². The smallest absolute Gasteiger partial charge is 0.323 e. The van der Waals surface area contributed by atoms with Crippen LogP contribution in [0.5, 0.6) is 0 Å². The number of amides is 1. The number of sulfonamides is 1. The van der Waals surface area contributed by atoms with E-state index in [1.165, 1.54) is 24.3 Å². The van der Waals surface area contributed by atoms with Crippen molar-refractivity contribution in [3.63, 3.8) is 0 Å². The van der Waals surface area contributed by atoms with Gasteiger partial charge in [0.1, 0.15) is 6.04 Å². The molecule has 5 N–H and O–H groups in total. The Labute approximate surface area is 219 Å². The van der Waals surface area contributed by atoms with E-state index in [0.29, 0.717) is 18.7 Å². The molecule has 1 aromatic heterocycles. The average Bonchev–Trinajstić information content (AvgIpc) is 2.92. The first-order chi connectivity index (χ1) is 18.2. The predicted molar refractivity (Wildman–Crippen MR) is 139 cm³/mol. The third-order valence-corrected chi connectivity index (χ3v) is 7.50. The van der Waals surface area contributed by atoms with E-state index in [1.54, 1.807) is 53.7 Å². The Morgan fingerprint density at radius 1 is 1.03 bits per heavy atom. The van der Waals surface area contributed by atoms with Gasteiger partial charge in [0.25, 0.3) is 5.91 Å². The lowest BCUT2D eigenvalue weighted by Crippen LogP contribution is -2.58. The van der Waals surface area contributed by atoms with Gasteiger partial charge in [0.2, 0.25) is 21.8 Å². The maximum absolute atomic E-state index is 12.9. The molecule has 0 spiro atoms. The summed E-state index contributed by atoms with van der Waals surface area (Å²) >= 11 is 0. The summed E-state index contributed by atoms with van der Waals surface area (Å²) in [6.07, 6.45) is 5.09. The van der Waals surface area contributed by atoms with Crippen molar-refractivity contribution in [3.8, 4) is 0 Å². The van der Waals surface area contributed by atoms with E-state index in [1.807, 2.05) is 0 Å². The van der Waals surface area contributed by atoms with E-state index in [2.05, 4.69) is 25.3 Å². The van der Waals surface area contributed by atoms with Crippen LogP contribution in [-0.4, -0.2) is 65.5 Å². The lowest BCUT2D eigenvalue weighted by molar-refractivity contribution is -0.138. The van der Waals surface area contributed by atoms with Gasteiger partial charge in [-0.15, -0.1) is 0 Å². The Morgan fingerprint density at radius 3 is 2.47 bits per heavy atom. The van der Waals surface area contributed by atoms with E-state index >= 15 is 0 Å². The number of hydrogen-bond donors (Lipinski definition) is 5. The van der Waals surface area contributed by atoms with Crippen molar-refractivity contribution in [3.05, 3.63) is 78.6 Å². The zero-order valence-electron chi connectivity index (χ0n) is 20.3. The molecule has 4 rings (SSSR count). The fourth-order valence-electron chi connectivity index (χ4n) is 4.12. The number of aliphatic hydroxyl groups is 1. The Kier molecular flexibility index (Phi) is 8.20. The molecule has 12 nitrogen and oxygen atoms in total. The number of carboxylic acids is 1. The number of carbonyl (C=O) groups excluding carboxylic acids is 1. The fraction of sp³-hybridized carbons (Fsp3) is 0.280. The largest absolute Gasteiger partial charge is 0.480 e. The van der Waals surface area contributed by atoms with Gasteiger partial charge in [-0.2, -0.15) is 4.72 Å². The van der Waals surface area contributed by atoms with Crippen molar-refractivity contribution in [2.75, 3.05) is 23.3 Å². The highest BCUT2D eigenvalue weighted by Crippen LogP contribution is 2.32. The number of piperidine rings is 1. The molecular weight excluding hydrogens is 512 g/mol. The fourth-order valence-corrected chi connectivity index (χ4v) is 5.33. The van der Waals surface area contributed by atoms with Crippen LogP contribution in [0, 0.1) is 0 Å². The highest BCUT2D eigenvalue weighted by Gasteiger charge is 2.38. The van der Waals surface area contributed by atoms with Crippen molar-refractivity contribution in [1.29, 1.82) is 0 Å². The van der Waals surface area contributed by atoms with Gasteiger partial charge in [0, 0.05) is 43.2 Å². The first-order valence-corrected chi connectivity index (χ1v) is 13.4. The van der Waals surface area contributed by atoms with Gasteiger partial charge in [-0.1, -0.05) is 24.3 Å². The number of hydrogen-bond acceptors (Lipinski definition) is 9. The summed E-state index contributed by atoms with van der Waals surface area (Å²) in [7, 11) is -4.11. The lowest BCUT2D eigenvalue weighted by Gasteiger charge is -2.44. The van der Waals surface area contributed by atoms with Gasteiger partial charge in [-0.3, -0.25) is 9.59 Å². The second kappa shape index (κ2) is 11.5. The maximum atomic E-state index is 12.9. The number of nitrogens with one attached hydrogen (secondary N) is 3. The molecule has 2 aromatic carbocycles. The third kappa shape index (κ3) is 6.43. The minimum atomic E-state index is -4.11. The van der Waals surface area contributed by atoms with Gasteiger partial charge in [-0.25, -0.2) is 18.4 Å². The maximum Gasteiger partial charge on any atom is 0.323 e. The Hall–Kier alpha value is -4.07. The number of aromatic nitrogens is 2. The van der Waals surface area contributed by atoms with Crippen molar-refractivity contribution in [1.82, 2.24) is 20.0 Å². The topological polar surface area (TPSA) is 174 Å². The van der Waals surface area contributed by atoms with Gasteiger partial charge in [-0.05, 0) is 49.2 Å². The molecule has 13 heteroatoms. The predicted octanol–water partition coefficient (Wildman–Crippen LogP) is 1.39. The van der Waals surface area contributed by atoms with Crippen LogP contribution in [0.25, 0.3) is 0 Å². The van der Waals surface area contributed by atoms with E-state index in [0.717, 1.165) is 12.8 Å². The molecule has 38 heavy (non-hydrogen) atoms. The third-order valence-electron chi connectivity index (χ3n) is 6.02.